The summed E-state index contributed by atoms with van der Waals surface area (Å²) in [5.74, 6) is 3.06. The molecule has 0 spiro atoms. The Morgan fingerprint density at radius 3 is 1.94 bits per heavy atom. The van der Waals surface area contributed by atoms with Gasteiger partial charge in [-0.2, -0.15) is 0 Å². The highest BCUT2D eigenvalue weighted by Crippen LogP contribution is 2.40. The molecule has 1 atom stereocenters. The van der Waals surface area contributed by atoms with Gasteiger partial charge in [0, 0.05) is 0 Å². The lowest BCUT2D eigenvalue weighted by Crippen LogP contribution is -2.25. The van der Waals surface area contributed by atoms with Crippen LogP contribution in [0.1, 0.15) is 79.6 Å². The predicted molar refractivity (Wildman–Crippen MR) is 73.6 cm³/mol. The van der Waals surface area contributed by atoms with Crippen molar-refractivity contribution in [2.75, 3.05) is 0 Å². The van der Waals surface area contributed by atoms with Gasteiger partial charge < -0.3 is 0 Å². The largest absolute Gasteiger partial charge is 0.0651 e. The summed E-state index contributed by atoms with van der Waals surface area (Å²) in [5.41, 5.74) is 0.516. The SMILES string of the molecule is CCC1CCC(C(CC)CC(C)(C)C)CC1. The molecule has 0 heteroatoms. The van der Waals surface area contributed by atoms with E-state index in [0.717, 1.165) is 17.8 Å². The second-order valence-electron chi connectivity index (χ2n) is 7.12. The van der Waals surface area contributed by atoms with Crippen LogP contribution >= 0.6 is 0 Å². The van der Waals surface area contributed by atoms with Gasteiger partial charge in [0.1, 0.15) is 0 Å². The minimum atomic E-state index is 0.516. The molecule has 0 N–H and O–H groups in total. The maximum Gasteiger partial charge on any atom is -0.0380 e. The average Bonchev–Trinajstić information content (AvgIpc) is 2.25. The van der Waals surface area contributed by atoms with Crippen LogP contribution in [0, 0.1) is 23.2 Å². The first-order valence-electron chi connectivity index (χ1n) is 7.46. The van der Waals surface area contributed by atoms with E-state index >= 15 is 0 Å². The van der Waals surface area contributed by atoms with Crippen molar-refractivity contribution in [3.05, 3.63) is 0 Å². The van der Waals surface area contributed by atoms with Crippen LogP contribution in [-0.4, -0.2) is 0 Å². The summed E-state index contributed by atoms with van der Waals surface area (Å²) in [6.45, 7) is 11.9. The van der Waals surface area contributed by atoms with E-state index in [2.05, 4.69) is 34.6 Å². The fraction of sp³-hybridized carbons (Fsp3) is 1.00. The Morgan fingerprint density at radius 2 is 1.56 bits per heavy atom. The fourth-order valence-electron chi connectivity index (χ4n) is 3.50. The monoisotopic (exact) mass is 224 g/mol. The van der Waals surface area contributed by atoms with Gasteiger partial charge in [0.05, 0.1) is 0 Å². The first-order chi connectivity index (χ1) is 7.46. The third kappa shape index (κ3) is 4.47. The molecule has 0 saturated heterocycles. The van der Waals surface area contributed by atoms with Crippen LogP contribution in [0.3, 0.4) is 0 Å². The number of hydrogen-bond donors (Lipinski definition) is 0. The van der Waals surface area contributed by atoms with E-state index in [1.165, 1.54) is 44.9 Å². The van der Waals surface area contributed by atoms with Gasteiger partial charge in [0.2, 0.25) is 0 Å². The number of rotatable bonds is 4. The van der Waals surface area contributed by atoms with Gasteiger partial charge in [-0.25, -0.2) is 0 Å². The Hall–Kier alpha value is 0. The Balaban J connectivity index is 2.43. The molecule has 0 bridgehead atoms. The van der Waals surface area contributed by atoms with Crippen LogP contribution in [-0.2, 0) is 0 Å². The Bertz CT molecular complexity index is 179. The van der Waals surface area contributed by atoms with E-state index in [4.69, 9.17) is 0 Å². The summed E-state index contributed by atoms with van der Waals surface area (Å²) in [7, 11) is 0. The van der Waals surface area contributed by atoms with Crippen molar-refractivity contribution in [3.8, 4) is 0 Å². The third-order valence-electron chi connectivity index (χ3n) is 4.53. The molecule has 0 aromatic rings. The van der Waals surface area contributed by atoms with Crippen LogP contribution in [0.15, 0.2) is 0 Å². The van der Waals surface area contributed by atoms with Crippen LogP contribution in [0.5, 0.6) is 0 Å². The summed E-state index contributed by atoms with van der Waals surface area (Å²) in [4.78, 5) is 0. The molecule has 1 rings (SSSR count). The lowest BCUT2D eigenvalue weighted by molar-refractivity contribution is 0.153. The molecule has 1 aliphatic carbocycles. The van der Waals surface area contributed by atoms with Gasteiger partial charge in [-0.05, 0) is 42.4 Å². The average molecular weight is 224 g/mol. The third-order valence-corrected chi connectivity index (χ3v) is 4.53. The Labute approximate surface area is 103 Å². The first kappa shape index (κ1) is 14.1. The van der Waals surface area contributed by atoms with Crippen molar-refractivity contribution in [1.82, 2.24) is 0 Å². The molecule has 0 aliphatic heterocycles. The van der Waals surface area contributed by atoms with E-state index in [-0.39, 0.29) is 0 Å². The zero-order chi connectivity index (χ0) is 12.2. The summed E-state index contributed by atoms with van der Waals surface area (Å²) >= 11 is 0. The van der Waals surface area contributed by atoms with Gasteiger partial charge in [-0.1, -0.05) is 60.3 Å². The zero-order valence-electron chi connectivity index (χ0n) is 12.2. The molecule has 1 aliphatic rings. The number of hydrogen-bond acceptors (Lipinski definition) is 0. The molecule has 1 unspecified atom stereocenters. The molecule has 16 heavy (non-hydrogen) atoms. The highest BCUT2D eigenvalue weighted by Gasteiger charge is 2.28. The zero-order valence-corrected chi connectivity index (χ0v) is 12.2. The second-order valence-corrected chi connectivity index (χ2v) is 7.12. The molecule has 1 fully saturated rings. The van der Waals surface area contributed by atoms with Crippen molar-refractivity contribution in [2.45, 2.75) is 79.6 Å². The van der Waals surface area contributed by atoms with Crippen LogP contribution in [0.2, 0.25) is 0 Å². The first-order valence-corrected chi connectivity index (χ1v) is 7.46. The van der Waals surface area contributed by atoms with Crippen LogP contribution < -0.4 is 0 Å². The minimum absolute atomic E-state index is 0.516. The standard InChI is InChI=1S/C16H32/c1-6-13-8-10-15(11-9-13)14(7-2)12-16(3,4)5/h13-15H,6-12H2,1-5H3. The van der Waals surface area contributed by atoms with E-state index in [9.17, 15) is 0 Å². The van der Waals surface area contributed by atoms with E-state index < -0.39 is 0 Å². The van der Waals surface area contributed by atoms with Gasteiger partial charge in [0.15, 0.2) is 0 Å². The van der Waals surface area contributed by atoms with Crippen molar-refractivity contribution >= 4 is 0 Å². The quantitative estimate of drug-likeness (QED) is 0.577. The van der Waals surface area contributed by atoms with Crippen molar-refractivity contribution in [1.29, 1.82) is 0 Å². The molecule has 0 radical (unpaired) electrons. The lowest BCUT2D eigenvalue weighted by Gasteiger charge is -2.36. The summed E-state index contributed by atoms with van der Waals surface area (Å²) < 4.78 is 0. The highest BCUT2D eigenvalue weighted by molar-refractivity contribution is 4.79. The van der Waals surface area contributed by atoms with Gasteiger partial charge in [0.25, 0.3) is 0 Å². The van der Waals surface area contributed by atoms with E-state index in [1.54, 1.807) is 0 Å². The van der Waals surface area contributed by atoms with Gasteiger partial charge in [-0.15, -0.1) is 0 Å². The predicted octanol–water partition coefficient (Wildman–Crippen LogP) is 5.67. The van der Waals surface area contributed by atoms with Crippen molar-refractivity contribution in [3.63, 3.8) is 0 Å². The maximum absolute atomic E-state index is 2.40. The molecule has 96 valence electrons. The lowest BCUT2D eigenvalue weighted by atomic mass is 9.70. The normalized spacial score (nSPS) is 29.1. The van der Waals surface area contributed by atoms with E-state index in [1.807, 2.05) is 0 Å². The molecule has 0 aromatic carbocycles. The topological polar surface area (TPSA) is 0 Å². The van der Waals surface area contributed by atoms with Crippen molar-refractivity contribution < 1.29 is 0 Å². The van der Waals surface area contributed by atoms with Crippen LogP contribution in [0.4, 0.5) is 0 Å². The van der Waals surface area contributed by atoms with E-state index in [0.29, 0.717) is 5.41 Å². The Morgan fingerprint density at radius 1 is 1.00 bits per heavy atom. The summed E-state index contributed by atoms with van der Waals surface area (Å²) in [5, 5.41) is 0. The smallest absolute Gasteiger partial charge is 0.0380 e. The van der Waals surface area contributed by atoms with Gasteiger partial charge >= 0.3 is 0 Å². The molecule has 1 saturated carbocycles. The van der Waals surface area contributed by atoms with Crippen LogP contribution in [0.25, 0.3) is 0 Å². The van der Waals surface area contributed by atoms with Crippen molar-refractivity contribution in [2.24, 2.45) is 23.2 Å². The summed E-state index contributed by atoms with van der Waals surface area (Å²) in [6, 6.07) is 0. The molecule has 0 amide bonds. The fourth-order valence-corrected chi connectivity index (χ4v) is 3.50. The maximum atomic E-state index is 2.40. The molecular formula is C16H32. The van der Waals surface area contributed by atoms with Gasteiger partial charge in [-0.3, -0.25) is 0 Å². The minimum Gasteiger partial charge on any atom is -0.0651 e. The Kier molecular flexibility index (Phi) is 5.34. The molecule has 0 nitrogen and oxygen atoms in total. The second kappa shape index (κ2) is 6.07. The molecule has 0 heterocycles. The summed E-state index contributed by atoms with van der Waals surface area (Å²) in [6.07, 6.45) is 10.2. The molecular weight excluding hydrogens is 192 g/mol. The highest BCUT2D eigenvalue weighted by atomic mass is 14.3. The molecule has 0 aromatic heterocycles.